The molecule has 0 aromatic heterocycles. The zero-order valence-electron chi connectivity index (χ0n) is 6.79. The molecule has 0 aliphatic rings. The van der Waals surface area contributed by atoms with Crippen LogP contribution in [0, 0.1) is 0 Å². The highest BCUT2D eigenvalue weighted by Crippen LogP contribution is 1.95. The molecule has 0 rings (SSSR count). The van der Waals surface area contributed by atoms with Crippen LogP contribution in [0.3, 0.4) is 0 Å². The van der Waals surface area contributed by atoms with E-state index in [4.69, 9.17) is 5.11 Å². The van der Waals surface area contributed by atoms with Gasteiger partial charge in [0.05, 0.1) is 0 Å². The summed E-state index contributed by atoms with van der Waals surface area (Å²) in [6.07, 6.45) is 0.994. The lowest BCUT2D eigenvalue weighted by molar-refractivity contribution is -0.142. The van der Waals surface area contributed by atoms with Crippen LogP contribution in [-0.2, 0) is 4.79 Å². The first-order valence-corrected chi connectivity index (χ1v) is 3.52. The van der Waals surface area contributed by atoms with Crippen molar-refractivity contribution in [1.29, 1.82) is 0 Å². The fraction of sp³-hybridized carbons (Fsp3) is 0.857. The predicted molar refractivity (Wildman–Crippen MR) is 40.0 cm³/mol. The van der Waals surface area contributed by atoms with Crippen LogP contribution in [-0.4, -0.2) is 35.6 Å². The van der Waals surface area contributed by atoms with E-state index in [1.165, 1.54) is 0 Å². The molecule has 60 valence electrons. The lowest BCUT2D eigenvalue weighted by Gasteiger charge is -2.19. The van der Waals surface area contributed by atoms with Gasteiger partial charge < -0.3 is 5.11 Å². The first-order valence-electron chi connectivity index (χ1n) is 3.52. The summed E-state index contributed by atoms with van der Waals surface area (Å²) in [6.45, 7) is 4.57. The Kier molecular flexibility index (Phi) is 4.03. The van der Waals surface area contributed by atoms with Crippen molar-refractivity contribution in [2.45, 2.75) is 26.3 Å². The molecule has 0 unspecified atom stereocenters. The third-order valence-electron chi connectivity index (χ3n) is 1.59. The molecule has 0 radical (unpaired) electrons. The molecule has 1 atom stereocenters. The zero-order chi connectivity index (χ0) is 8.15. The monoisotopic (exact) mass is 145 g/mol. The van der Waals surface area contributed by atoms with Crippen LogP contribution < -0.4 is 0 Å². The summed E-state index contributed by atoms with van der Waals surface area (Å²) in [4.78, 5) is 12.2. The molecule has 0 fully saturated rings. The van der Waals surface area contributed by atoms with Crippen molar-refractivity contribution >= 4 is 5.97 Å². The Morgan fingerprint density at radius 3 is 2.50 bits per heavy atom. The number of hydrogen-bond donors (Lipinski definition) is 1. The van der Waals surface area contributed by atoms with Gasteiger partial charge >= 0.3 is 5.97 Å². The van der Waals surface area contributed by atoms with Crippen molar-refractivity contribution in [3.63, 3.8) is 0 Å². The maximum atomic E-state index is 10.4. The molecule has 0 saturated carbocycles. The largest absolute Gasteiger partial charge is 0.480 e. The minimum absolute atomic E-state index is 0.361. The summed E-state index contributed by atoms with van der Waals surface area (Å²) in [5.74, 6) is -0.754. The van der Waals surface area contributed by atoms with Gasteiger partial charge in [-0.1, -0.05) is 6.92 Å². The van der Waals surface area contributed by atoms with Gasteiger partial charge in [0.1, 0.15) is 6.04 Å². The van der Waals surface area contributed by atoms with Gasteiger partial charge in [-0.2, -0.15) is 0 Å². The van der Waals surface area contributed by atoms with E-state index in [1.54, 1.807) is 6.92 Å². The van der Waals surface area contributed by atoms with Crippen molar-refractivity contribution in [3.8, 4) is 0 Å². The van der Waals surface area contributed by atoms with Gasteiger partial charge in [0.25, 0.3) is 0 Å². The minimum Gasteiger partial charge on any atom is -0.480 e. The molecular formula is C7H15NO2. The lowest BCUT2D eigenvalue weighted by Crippen LogP contribution is -2.36. The third kappa shape index (κ3) is 2.82. The summed E-state index contributed by atoms with van der Waals surface area (Å²) in [5.41, 5.74) is 0. The Hall–Kier alpha value is -0.570. The van der Waals surface area contributed by atoms with Gasteiger partial charge in [-0.05, 0) is 26.9 Å². The van der Waals surface area contributed by atoms with Gasteiger partial charge in [-0.15, -0.1) is 0 Å². The van der Waals surface area contributed by atoms with Gasteiger partial charge in [0.15, 0.2) is 0 Å². The molecule has 0 aromatic carbocycles. The highest BCUT2D eigenvalue weighted by molar-refractivity contribution is 5.72. The zero-order valence-corrected chi connectivity index (χ0v) is 6.79. The number of hydrogen-bond acceptors (Lipinski definition) is 2. The van der Waals surface area contributed by atoms with Crippen molar-refractivity contribution in [3.05, 3.63) is 0 Å². The van der Waals surface area contributed by atoms with Crippen molar-refractivity contribution in [2.75, 3.05) is 13.6 Å². The van der Waals surface area contributed by atoms with E-state index < -0.39 is 5.97 Å². The van der Waals surface area contributed by atoms with Crippen LogP contribution in [0.25, 0.3) is 0 Å². The molecule has 0 heterocycles. The van der Waals surface area contributed by atoms with Crippen LogP contribution in [0.5, 0.6) is 0 Å². The molecule has 1 N–H and O–H groups in total. The molecule has 0 saturated heterocycles. The van der Waals surface area contributed by atoms with E-state index in [-0.39, 0.29) is 6.04 Å². The highest BCUT2D eigenvalue weighted by atomic mass is 16.4. The minimum atomic E-state index is -0.754. The standard InChI is InChI=1S/C7H15NO2/c1-4-5-8(3)6(2)7(9)10/h6H,4-5H2,1-3H3,(H,9,10)/t6-/m0/s1. The highest BCUT2D eigenvalue weighted by Gasteiger charge is 2.14. The SMILES string of the molecule is CCCN(C)[C@@H](C)C(=O)O. The Balaban J connectivity index is 3.69. The molecule has 0 amide bonds. The molecule has 0 spiro atoms. The smallest absolute Gasteiger partial charge is 0.320 e. The predicted octanol–water partition coefficient (Wildman–Crippen LogP) is 0.801. The van der Waals surface area contributed by atoms with Gasteiger partial charge in [-0.3, -0.25) is 9.69 Å². The van der Waals surface area contributed by atoms with Gasteiger partial charge in [0, 0.05) is 0 Å². The van der Waals surface area contributed by atoms with E-state index in [1.807, 2.05) is 18.9 Å². The number of nitrogens with zero attached hydrogens (tertiary/aromatic N) is 1. The number of carboxylic acid groups (broad SMARTS) is 1. The van der Waals surface area contributed by atoms with E-state index in [0.717, 1.165) is 13.0 Å². The Labute approximate surface area is 61.6 Å². The Morgan fingerprint density at radius 2 is 2.20 bits per heavy atom. The number of aliphatic carboxylic acids is 1. The van der Waals surface area contributed by atoms with Crippen molar-refractivity contribution in [2.24, 2.45) is 0 Å². The van der Waals surface area contributed by atoms with Crippen molar-refractivity contribution < 1.29 is 9.90 Å². The van der Waals surface area contributed by atoms with E-state index >= 15 is 0 Å². The second-order valence-electron chi connectivity index (χ2n) is 2.49. The molecular weight excluding hydrogens is 130 g/mol. The van der Waals surface area contributed by atoms with Crippen LogP contribution in [0.15, 0.2) is 0 Å². The molecule has 0 aliphatic carbocycles. The Bertz CT molecular complexity index is 114. The number of likely N-dealkylation sites (N-methyl/N-ethyl adjacent to an activating group) is 1. The molecule has 0 aliphatic heterocycles. The summed E-state index contributed by atoms with van der Waals surface area (Å²) < 4.78 is 0. The number of rotatable bonds is 4. The maximum Gasteiger partial charge on any atom is 0.320 e. The van der Waals surface area contributed by atoms with Crippen LogP contribution >= 0.6 is 0 Å². The first-order chi connectivity index (χ1) is 4.59. The summed E-state index contributed by atoms with van der Waals surface area (Å²) in [6, 6.07) is -0.361. The quantitative estimate of drug-likeness (QED) is 0.636. The fourth-order valence-electron chi connectivity index (χ4n) is 0.735. The molecule has 3 heteroatoms. The summed E-state index contributed by atoms with van der Waals surface area (Å²) in [7, 11) is 1.82. The number of carbonyl (C=O) groups is 1. The third-order valence-corrected chi connectivity index (χ3v) is 1.59. The average Bonchev–Trinajstić information content (AvgIpc) is 1.87. The average molecular weight is 145 g/mol. The van der Waals surface area contributed by atoms with Gasteiger partial charge in [-0.25, -0.2) is 0 Å². The first kappa shape index (κ1) is 9.43. The topological polar surface area (TPSA) is 40.5 Å². The fourth-order valence-corrected chi connectivity index (χ4v) is 0.735. The van der Waals surface area contributed by atoms with E-state index in [0.29, 0.717) is 0 Å². The van der Waals surface area contributed by atoms with Gasteiger partial charge in [0.2, 0.25) is 0 Å². The van der Waals surface area contributed by atoms with Crippen LogP contribution in [0.1, 0.15) is 20.3 Å². The number of carboxylic acids is 1. The van der Waals surface area contributed by atoms with E-state index in [2.05, 4.69) is 0 Å². The van der Waals surface area contributed by atoms with Crippen LogP contribution in [0.2, 0.25) is 0 Å². The van der Waals surface area contributed by atoms with Crippen molar-refractivity contribution in [1.82, 2.24) is 4.90 Å². The lowest BCUT2D eigenvalue weighted by atomic mass is 10.3. The Morgan fingerprint density at radius 1 is 1.70 bits per heavy atom. The summed E-state index contributed by atoms with van der Waals surface area (Å²) in [5, 5.41) is 8.54. The van der Waals surface area contributed by atoms with E-state index in [9.17, 15) is 4.79 Å². The maximum absolute atomic E-state index is 10.4. The normalized spacial score (nSPS) is 13.6. The summed E-state index contributed by atoms with van der Waals surface area (Å²) >= 11 is 0. The molecule has 0 aromatic rings. The second kappa shape index (κ2) is 4.28. The van der Waals surface area contributed by atoms with Crippen LogP contribution in [0.4, 0.5) is 0 Å². The molecule has 0 bridgehead atoms. The molecule has 3 nitrogen and oxygen atoms in total. The molecule has 10 heavy (non-hydrogen) atoms. The second-order valence-corrected chi connectivity index (χ2v) is 2.49.